The molecule has 1 aliphatic rings. The van der Waals surface area contributed by atoms with Crippen LogP contribution in [0.15, 0.2) is 42.5 Å². The third-order valence-corrected chi connectivity index (χ3v) is 3.80. The van der Waals surface area contributed by atoms with Gasteiger partial charge >= 0.3 is 6.03 Å². The van der Waals surface area contributed by atoms with Crippen molar-refractivity contribution >= 4 is 22.5 Å². The van der Waals surface area contributed by atoms with Crippen molar-refractivity contribution in [2.45, 2.75) is 0 Å². The van der Waals surface area contributed by atoms with E-state index in [1.54, 1.807) is 4.90 Å². The van der Waals surface area contributed by atoms with Crippen molar-refractivity contribution in [3.05, 3.63) is 42.5 Å². The number of rotatable bonds is 1. The van der Waals surface area contributed by atoms with Crippen molar-refractivity contribution in [2.24, 2.45) is 0 Å². The number of carbonyl (C=O) groups is 1. The molecule has 0 bridgehead atoms. The largest absolute Gasteiger partial charge is 0.324 e. The van der Waals surface area contributed by atoms with E-state index in [4.69, 9.17) is 0 Å². The van der Waals surface area contributed by atoms with E-state index in [1.807, 2.05) is 36.2 Å². The van der Waals surface area contributed by atoms with Gasteiger partial charge in [0.05, 0.1) is 5.69 Å². The van der Waals surface area contributed by atoms with Crippen LogP contribution in [-0.4, -0.2) is 44.2 Å². The van der Waals surface area contributed by atoms with Gasteiger partial charge in [0, 0.05) is 38.6 Å². The zero-order valence-electron chi connectivity index (χ0n) is 11.7. The van der Waals surface area contributed by atoms with Crippen molar-refractivity contribution in [3.8, 4) is 0 Å². The van der Waals surface area contributed by atoms with Gasteiger partial charge in [-0.25, -0.2) is 4.79 Å². The number of hydrogen-bond acceptors (Lipinski definition) is 2. The fraction of sp³-hybridized carbons (Fsp3) is 0.312. The SMILES string of the molecule is CN(C(=O)N1CCNCC1)c1cccc2ccccc12. The summed E-state index contributed by atoms with van der Waals surface area (Å²) >= 11 is 0. The summed E-state index contributed by atoms with van der Waals surface area (Å²) in [6, 6.07) is 14.3. The molecule has 0 spiro atoms. The molecule has 1 saturated heterocycles. The van der Waals surface area contributed by atoms with Gasteiger partial charge in [-0.1, -0.05) is 36.4 Å². The molecular weight excluding hydrogens is 250 g/mol. The van der Waals surface area contributed by atoms with Crippen LogP contribution in [0.25, 0.3) is 10.8 Å². The van der Waals surface area contributed by atoms with Gasteiger partial charge in [-0.05, 0) is 11.5 Å². The third kappa shape index (κ3) is 2.34. The lowest BCUT2D eigenvalue weighted by atomic mass is 10.1. The van der Waals surface area contributed by atoms with Crippen LogP contribution in [0.4, 0.5) is 10.5 Å². The van der Waals surface area contributed by atoms with Crippen LogP contribution in [0.5, 0.6) is 0 Å². The van der Waals surface area contributed by atoms with Gasteiger partial charge in [-0.2, -0.15) is 0 Å². The van der Waals surface area contributed by atoms with Crippen molar-refractivity contribution in [1.82, 2.24) is 10.2 Å². The molecule has 1 N–H and O–H groups in total. The Morgan fingerprint density at radius 3 is 2.60 bits per heavy atom. The normalized spacial score (nSPS) is 15.3. The van der Waals surface area contributed by atoms with Crippen LogP contribution in [-0.2, 0) is 0 Å². The number of fused-ring (bicyclic) bond motifs is 1. The van der Waals surface area contributed by atoms with Gasteiger partial charge in [-0.15, -0.1) is 0 Å². The average molecular weight is 269 g/mol. The topological polar surface area (TPSA) is 35.6 Å². The molecule has 1 heterocycles. The molecule has 1 fully saturated rings. The predicted molar refractivity (Wildman–Crippen MR) is 82.2 cm³/mol. The fourth-order valence-corrected chi connectivity index (χ4v) is 2.67. The molecule has 20 heavy (non-hydrogen) atoms. The number of carbonyl (C=O) groups excluding carboxylic acids is 1. The van der Waals surface area contributed by atoms with Crippen molar-refractivity contribution in [2.75, 3.05) is 38.1 Å². The van der Waals surface area contributed by atoms with Gasteiger partial charge in [0.1, 0.15) is 0 Å². The molecule has 2 aromatic carbocycles. The van der Waals surface area contributed by atoms with Gasteiger partial charge in [-0.3, -0.25) is 4.90 Å². The Morgan fingerprint density at radius 2 is 1.80 bits per heavy atom. The van der Waals surface area contributed by atoms with E-state index in [1.165, 1.54) is 0 Å². The van der Waals surface area contributed by atoms with Crippen molar-refractivity contribution in [3.63, 3.8) is 0 Å². The highest BCUT2D eigenvalue weighted by atomic mass is 16.2. The Balaban J connectivity index is 1.91. The number of piperazine rings is 1. The Labute approximate surface area is 119 Å². The average Bonchev–Trinajstić information content (AvgIpc) is 2.54. The van der Waals surface area contributed by atoms with Crippen molar-refractivity contribution < 1.29 is 4.79 Å². The maximum Gasteiger partial charge on any atom is 0.324 e. The van der Waals surface area contributed by atoms with Crippen LogP contribution in [0.2, 0.25) is 0 Å². The number of urea groups is 1. The van der Waals surface area contributed by atoms with Crippen LogP contribution in [0.3, 0.4) is 0 Å². The summed E-state index contributed by atoms with van der Waals surface area (Å²) in [6.07, 6.45) is 0. The molecule has 4 heteroatoms. The van der Waals surface area contributed by atoms with E-state index in [-0.39, 0.29) is 6.03 Å². The van der Waals surface area contributed by atoms with Crippen LogP contribution >= 0.6 is 0 Å². The smallest absolute Gasteiger partial charge is 0.322 e. The molecule has 4 nitrogen and oxygen atoms in total. The monoisotopic (exact) mass is 269 g/mol. The van der Waals surface area contributed by atoms with Crippen molar-refractivity contribution in [1.29, 1.82) is 0 Å². The van der Waals surface area contributed by atoms with Crippen LogP contribution in [0, 0.1) is 0 Å². The molecule has 0 aromatic heterocycles. The minimum atomic E-state index is 0.0721. The lowest BCUT2D eigenvalue weighted by molar-refractivity contribution is 0.198. The molecular formula is C16H19N3O. The first-order valence-electron chi connectivity index (χ1n) is 6.98. The van der Waals surface area contributed by atoms with E-state index >= 15 is 0 Å². The quantitative estimate of drug-likeness (QED) is 0.862. The summed E-state index contributed by atoms with van der Waals surface area (Å²) in [5, 5.41) is 5.53. The lowest BCUT2D eigenvalue weighted by Crippen LogP contribution is -2.50. The fourth-order valence-electron chi connectivity index (χ4n) is 2.67. The second-order valence-corrected chi connectivity index (χ2v) is 5.08. The minimum Gasteiger partial charge on any atom is -0.322 e. The molecule has 0 unspecified atom stereocenters. The van der Waals surface area contributed by atoms with Gasteiger partial charge in [0.15, 0.2) is 0 Å². The summed E-state index contributed by atoms with van der Waals surface area (Å²) in [7, 11) is 1.85. The first kappa shape index (κ1) is 12.9. The van der Waals surface area contributed by atoms with Gasteiger partial charge in [0.2, 0.25) is 0 Å². The number of hydrogen-bond donors (Lipinski definition) is 1. The summed E-state index contributed by atoms with van der Waals surface area (Å²) in [6.45, 7) is 3.28. The minimum absolute atomic E-state index is 0.0721. The van der Waals surface area contributed by atoms with Crippen LogP contribution in [0.1, 0.15) is 0 Å². The van der Waals surface area contributed by atoms with E-state index in [0.717, 1.165) is 42.6 Å². The maximum atomic E-state index is 12.6. The number of nitrogens with zero attached hydrogens (tertiary/aromatic N) is 2. The molecule has 104 valence electrons. The second-order valence-electron chi connectivity index (χ2n) is 5.08. The first-order chi connectivity index (χ1) is 9.77. The zero-order valence-corrected chi connectivity index (χ0v) is 11.7. The third-order valence-electron chi connectivity index (χ3n) is 3.80. The summed E-state index contributed by atoms with van der Waals surface area (Å²) < 4.78 is 0. The van der Waals surface area contributed by atoms with E-state index in [9.17, 15) is 4.79 Å². The molecule has 2 aromatic rings. The zero-order chi connectivity index (χ0) is 13.9. The van der Waals surface area contributed by atoms with E-state index in [2.05, 4.69) is 23.5 Å². The van der Waals surface area contributed by atoms with Crippen LogP contribution < -0.4 is 10.2 Å². The molecule has 2 amide bonds. The number of anilines is 1. The first-order valence-corrected chi connectivity index (χ1v) is 6.98. The van der Waals surface area contributed by atoms with Gasteiger partial charge in [0.25, 0.3) is 0 Å². The summed E-state index contributed by atoms with van der Waals surface area (Å²) in [5.41, 5.74) is 0.964. The van der Waals surface area contributed by atoms with E-state index < -0.39 is 0 Å². The highest BCUT2D eigenvalue weighted by Gasteiger charge is 2.21. The summed E-state index contributed by atoms with van der Waals surface area (Å²) in [5.74, 6) is 0. The number of amides is 2. The Kier molecular flexibility index (Phi) is 3.56. The Morgan fingerprint density at radius 1 is 1.10 bits per heavy atom. The summed E-state index contributed by atoms with van der Waals surface area (Å²) in [4.78, 5) is 16.2. The molecule has 3 rings (SSSR count). The number of benzene rings is 2. The second kappa shape index (κ2) is 5.51. The Hall–Kier alpha value is -2.07. The lowest BCUT2D eigenvalue weighted by Gasteiger charge is -2.31. The predicted octanol–water partition coefficient (Wildman–Crippen LogP) is 2.30. The molecule has 0 atom stereocenters. The molecule has 0 saturated carbocycles. The molecule has 0 aliphatic carbocycles. The van der Waals surface area contributed by atoms with E-state index in [0.29, 0.717) is 0 Å². The molecule has 0 radical (unpaired) electrons. The Bertz CT molecular complexity index is 615. The van der Waals surface area contributed by atoms with Gasteiger partial charge < -0.3 is 10.2 Å². The molecule has 1 aliphatic heterocycles. The highest BCUT2D eigenvalue weighted by molar-refractivity contribution is 6.02. The standard InChI is InChI=1S/C16H19N3O/c1-18(16(20)19-11-9-17-10-12-19)15-8-4-6-13-5-2-3-7-14(13)15/h2-8,17H,9-12H2,1H3. The maximum absolute atomic E-state index is 12.6. The highest BCUT2D eigenvalue weighted by Crippen LogP contribution is 2.26. The number of nitrogens with one attached hydrogen (secondary N) is 1.